The van der Waals surface area contributed by atoms with E-state index in [1.54, 1.807) is 23.2 Å². The highest BCUT2D eigenvalue weighted by atomic mass is 19.1. The molecule has 144 valence electrons. The van der Waals surface area contributed by atoms with Gasteiger partial charge in [-0.05, 0) is 37.1 Å². The Morgan fingerprint density at radius 1 is 1.21 bits per heavy atom. The SMILES string of the molecule is O=C(c1cc(-c2cccc(F)c2)no1)N(Cc1ccccn1)C[C@H]1CCCO1. The van der Waals surface area contributed by atoms with Crippen molar-refractivity contribution in [2.75, 3.05) is 13.2 Å². The Morgan fingerprint density at radius 2 is 2.14 bits per heavy atom. The lowest BCUT2D eigenvalue weighted by Crippen LogP contribution is -2.37. The van der Waals surface area contributed by atoms with Crippen molar-refractivity contribution < 1.29 is 18.4 Å². The topological polar surface area (TPSA) is 68.5 Å². The monoisotopic (exact) mass is 381 g/mol. The zero-order chi connectivity index (χ0) is 19.3. The molecule has 0 unspecified atom stereocenters. The molecule has 0 bridgehead atoms. The smallest absolute Gasteiger partial charge is 0.292 e. The third-order valence-electron chi connectivity index (χ3n) is 4.66. The number of benzene rings is 1. The number of halogens is 1. The van der Waals surface area contributed by atoms with Crippen molar-refractivity contribution in [2.45, 2.75) is 25.5 Å². The van der Waals surface area contributed by atoms with Gasteiger partial charge in [0.25, 0.3) is 5.91 Å². The van der Waals surface area contributed by atoms with E-state index < -0.39 is 0 Å². The molecule has 6 nitrogen and oxygen atoms in total. The molecule has 3 heterocycles. The Bertz CT molecular complexity index is 939. The van der Waals surface area contributed by atoms with Crippen LogP contribution in [0.5, 0.6) is 0 Å². The average Bonchev–Trinajstić information content (AvgIpc) is 3.40. The normalized spacial score (nSPS) is 16.2. The molecule has 1 aliphatic heterocycles. The van der Waals surface area contributed by atoms with Gasteiger partial charge in [-0.3, -0.25) is 9.78 Å². The van der Waals surface area contributed by atoms with E-state index in [1.807, 2.05) is 18.2 Å². The van der Waals surface area contributed by atoms with E-state index in [4.69, 9.17) is 9.26 Å². The van der Waals surface area contributed by atoms with Crippen LogP contribution in [-0.2, 0) is 11.3 Å². The second-order valence-corrected chi connectivity index (χ2v) is 6.73. The van der Waals surface area contributed by atoms with Crippen molar-refractivity contribution in [2.24, 2.45) is 0 Å². The Balaban J connectivity index is 1.56. The first-order chi connectivity index (χ1) is 13.7. The molecule has 1 aliphatic rings. The fraction of sp³-hybridized carbons (Fsp3) is 0.286. The van der Waals surface area contributed by atoms with Crippen molar-refractivity contribution in [3.05, 3.63) is 72.0 Å². The van der Waals surface area contributed by atoms with Crippen LogP contribution in [0.2, 0.25) is 0 Å². The number of amides is 1. The van der Waals surface area contributed by atoms with Gasteiger partial charge in [0.05, 0.1) is 18.3 Å². The molecule has 0 radical (unpaired) electrons. The van der Waals surface area contributed by atoms with E-state index in [0.717, 1.165) is 18.5 Å². The van der Waals surface area contributed by atoms with Crippen molar-refractivity contribution in [1.82, 2.24) is 15.0 Å². The predicted octanol–water partition coefficient (Wildman–Crippen LogP) is 3.70. The molecule has 0 N–H and O–H groups in total. The number of carbonyl (C=O) groups is 1. The maximum absolute atomic E-state index is 13.5. The second kappa shape index (κ2) is 8.31. The lowest BCUT2D eigenvalue weighted by molar-refractivity contribution is 0.0474. The molecular weight excluding hydrogens is 361 g/mol. The first-order valence-corrected chi connectivity index (χ1v) is 9.22. The summed E-state index contributed by atoms with van der Waals surface area (Å²) in [6.45, 7) is 1.50. The molecule has 1 aromatic carbocycles. The highest BCUT2D eigenvalue weighted by molar-refractivity contribution is 5.92. The summed E-state index contributed by atoms with van der Waals surface area (Å²) < 4.78 is 24.4. The molecule has 1 atom stereocenters. The van der Waals surface area contributed by atoms with Gasteiger partial charge in [-0.1, -0.05) is 23.4 Å². The van der Waals surface area contributed by atoms with Crippen LogP contribution < -0.4 is 0 Å². The summed E-state index contributed by atoms with van der Waals surface area (Å²) in [7, 11) is 0. The standard InChI is InChI=1S/C21H20FN3O3/c22-16-6-3-5-15(11-16)19-12-20(28-24-19)21(26)25(14-18-8-4-10-27-18)13-17-7-1-2-9-23-17/h1-3,5-7,9,11-12,18H,4,8,10,13-14H2/t18-/m1/s1. The van der Waals surface area contributed by atoms with Crippen molar-refractivity contribution in [3.8, 4) is 11.3 Å². The zero-order valence-corrected chi connectivity index (χ0v) is 15.3. The number of rotatable bonds is 6. The van der Waals surface area contributed by atoms with Gasteiger partial charge in [-0.25, -0.2) is 4.39 Å². The summed E-state index contributed by atoms with van der Waals surface area (Å²) in [6, 6.07) is 13.1. The Kier molecular flexibility index (Phi) is 5.43. The zero-order valence-electron chi connectivity index (χ0n) is 15.3. The van der Waals surface area contributed by atoms with Crippen molar-refractivity contribution in [3.63, 3.8) is 0 Å². The number of nitrogens with zero attached hydrogens (tertiary/aromatic N) is 3. The maximum atomic E-state index is 13.5. The number of hydrogen-bond acceptors (Lipinski definition) is 5. The highest BCUT2D eigenvalue weighted by Gasteiger charge is 2.26. The van der Waals surface area contributed by atoms with Crippen LogP contribution in [0.15, 0.2) is 59.3 Å². The number of hydrogen-bond donors (Lipinski definition) is 0. The number of ether oxygens (including phenoxy) is 1. The molecule has 0 aliphatic carbocycles. The first kappa shape index (κ1) is 18.3. The van der Waals surface area contributed by atoms with Crippen LogP contribution in [0.3, 0.4) is 0 Å². The van der Waals surface area contributed by atoms with Gasteiger partial charge < -0.3 is 14.2 Å². The molecule has 1 amide bonds. The number of carbonyl (C=O) groups excluding carboxylic acids is 1. The van der Waals surface area contributed by atoms with Crippen LogP contribution in [0.4, 0.5) is 4.39 Å². The molecular formula is C21H20FN3O3. The van der Waals surface area contributed by atoms with E-state index in [1.165, 1.54) is 18.2 Å². The van der Waals surface area contributed by atoms with E-state index in [-0.39, 0.29) is 23.6 Å². The third-order valence-corrected chi connectivity index (χ3v) is 4.66. The largest absolute Gasteiger partial charge is 0.376 e. The Morgan fingerprint density at radius 3 is 2.89 bits per heavy atom. The number of pyridine rings is 1. The quantitative estimate of drug-likeness (QED) is 0.651. The summed E-state index contributed by atoms with van der Waals surface area (Å²) in [5, 5.41) is 3.93. The lowest BCUT2D eigenvalue weighted by Gasteiger charge is -2.24. The van der Waals surface area contributed by atoms with Gasteiger partial charge in [0.2, 0.25) is 5.76 Å². The Labute approximate surface area is 161 Å². The van der Waals surface area contributed by atoms with Crippen molar-refractivity contribution >= 4 is 5.91 Å². The minimum absolute atomic E-state index is 0.00160. The molecule has 3 aromatic rings. The molecule has 28 heavy (non-hydrogen) atoms. The molecule has 7 heteroatoms. The molecule has 2 aromatic heterocycles. The molecule has 4 rings (SSSR count). The average molecular weight is 381 g/mol. The summed E-state index contributed by atoms with van der Waals surface area (Å²) >= 11 is 0. The summed E-state index contributed by atoms with van der Waals surface area (Å²) in [4.78, 5) is 19.1. The first-order valence-electron chi connectivity index (χ1n) is 9.22. The van der Waals surface area contributed by atoms with E-state index in [2.05, 4.69) is 10.1 Å². The van der Waals surface area contributed by atoms with Gasteiger partial charge in [0, 0.05) is 31.0 Å². The van der Waals surface area contributed by atoms with Gasteiger partial charge >= 0.3 is 0 Å². The summed E-state index contributed by atoms with van der Waals surface area (Å²) in [5.74, 6) is -0.562. The lowest BCUT2D eigenvalue weighted by atomic mass is 10.1. The molecule has 0 spiro atoms. The van der Waals surface area contributed by atoms with Gasteiger partial charge in [0.15, 0.2) is 0 Å². The third kappa shape index (κ3) is 4.26. The second-order valence-electron chi connectivity index (χ2n) is 6.73. The van der Waals surface area contributed by atoms with Crippen LogP contribution in [0.1, 0.15) is 29.1 Å². The molecule has 1 saturated heterocycles. The van der Waals surface area contributed by atoms with E-state index in [0.29, 0.717) is 31.0 Å². The summed E-state index contributed by atoms with van der Waals surface area (Å²) in [6.07, 6.45) is 3.60. The minimum atomic E-state index is -0.372. The van der Waals surface area contributed by atoms with Crippen LogP contribution in [-0.4, -0.2) is 40.2 Å². The van der Waals surface area contributed by atoms with Gasteiger partial charge in [-0.2, -0.15) is 0 Å². The summed E-state index contributed by atoms with van der Waals surface area (Å²) in [5.41, 5.74) is 1.75. The predicted molar refractivity (Wildman–Crippen MR) is 99.8 cm³/mol. The fourth-order valence-corrected chi connectivity index (χ4v) is 3.26. The van der Waals surface area contributed by atoms with E-state index in [9.17, 15) is 9.18 Å². The van der Waals surface area contributed by atoms with Crippen LogP contribution in [0, 0.1) is 5.82 Å². The van der Waals surface area contributed by atoms with E-state index >= 15 is 0 Å². The highest BCUT2D eigenvalue weighted by Crippen LogP contribution is 2.22. The Hall–Kier alpha value is -3.06. The van der Waals surface area contributed by atoms with Gasteiger partial charge in [0.1, 0.15) is 11.5 Å². The van der Waals surface area contributed by atoms with Crippen molar-refractivity contribution in [1.29, 1.82) is 0 Å². The van der Waals surface area contributed by atoms with Crippen LogP contribution >= 0.6 is 0 Å². The molecule has 1 fully saturated rings. The fourth-order valence-electron chi connectivity index (χ4n) is 3.26. The minimum Gasteiger partial charge on any atom is -0.376 e. The van der Waals surface area contributed by atoms with Crippen LogP contribution in [0.25, 0.3) is 11.3 Å². The number of aromatic nitrogens is 2. The van der Waals surface area contributed by atoms with Gasteiger partial charge in [-0.15, -0.1) is 0 Å². The molecule has 0 saturated carbocycles. The maximum Gasteiger partial charge on any atom is 0.292 e.